The molecular formula is C16H21N3O2S. The average Bonchev–Trinajstić information content (AvgIpc) is 2.87. The van der Waals surface area contributed by atoms with Crippen molar-refractivity contribution in [1.29, 1.82) is 0 Å². The zero-order chi connectivity index (χ0) is 15.2. The maximum Gasteiger partial charge on any atom is 0.157 e. The van der Waals surface area contributed by atoms with Crippen LogP contribution in [0.15, 0.2) is 30.6 Å². The van der Waals surface area contributed by atoms with Crippen molar-refractivity contribution >= 4 is 15.5 Å². The highest BCUT2D eigenvalue weighted by Crippen LogP contribution is 2.44. The number of sulfone groups is 1. The van der Waals surface area contributed by atoms with Crippen LogP contribution in [-0.4, -0.2) is 46.3 Å². The van der Waals surface area contributed by atoms with E-state index in [2.05, 4.69) is 20.4 Å². The number of rotatable bonds is 2. The second kappa shape index (κ2) is 5.06. The summed E-state index contributed by atoms with van der Waals surface area (Å²) in [6.07, 6.45) is 7.34. The summed E-state index contributed by atoms with van der Waals surface area (Å²) in [5.41, 5.74) is 2.10. The van der Waals surface area contributed by atoms with Crippen molar-refractivity contribution in [2.45, 2.75) is 37.0 Å². The molecule has 0 aromatic carbocycles. The van der Waals surface area contributed by atoms with Crippen LogP contribution in [0.2, 0.25) is 0 Å². The molecule has 0 radical (unpaired) electrons. The van der Waals surface area contributed by atoms with Crippen molar-refractivity contribution in [2.75, 3.05) is 18.8 Å². The predicted octanol–water partition coefficient (Wildman–Crippen LogP) is 1.88. The van der Waals surface area contributed by atoms with Crippen LogP contribution in [0.4, 0.5) is 0 Å². The Morgan fingerprint density at radius 1 is 1.18 bits per heavy atom. The molecule has 118 valence electrons. The van der Waals surface area contributed by atoms with Crippen molar-refractivity contribution < 1.29 is 8.42 Å². The van der Waals surface area contributed by atoms with E-state index in [1.807, 2.05) is 18.3 Å². The van der Waals surface area contributed by atoms with Gasteiger partial charge in [0.1, 0.15) is 5.65 Å². The second-order valence-corrected chi connectivity index (χ2v) is 9.06. The number of aromatic nitrogens is 2. The molecule has 0 unspecified atom stereocenters. The molecular weight excluding hydrogens is 298 g/mol. The minimum absolute atomic E-state index is 0.299. The van der Waals surface area contributed by atoms with Gasteiger partial charge in [0.2, 0.25) is 0 Å². The Morgan fingerprint density at radius 2 is 2.05 bits per heavy atom. The normalized spacial score (nSPS) is 24.2. The Balaban J connectivity index is 1.56. The molecule has 0 amide bonds. The van der Waals surface area contributed by atoms with Gasteiger partial charge in [-0.05, 0) is 31.4 Å². The van der Waals surface area contributed by atoms with Gasteiger partial charge in [-0.2, -0.15) is 0 Å². The van der Waals surface area contributed by atoms with Crippen LogP contribution < -0.4 is 0 Å². The van der Waals surface area contributed by atoms with Gasteiger partial charge in [0, 0.05) is 37.7 Å². The molecule has 1 aliphatic carbocycles. The fourth-order valence-electron chi connectivity index (χ4n) is 3.75. The Kier molecular flexibility index (Phi) is 3.27. The third kappa shape index (κ3) is 2.16. The number of hydrogen-bond donors (Lipinski definition) is 0. The lowest BCUT2D eigenvalue weighted by molar-refractivity contribution is 0.240. The Hall–Kier alpha value is -1.40. The maximum atomic E-state index is 12.5. The van der Waals surface area contributed by atoms with Crippen molar-refractivity contribution in [3.63, 3.8) is 0 Å². The molecule has 2 aliphatic rings. The molecule has 0 N–H and O–H groups in total. The van der Waals surface area contributed by atoms with E-state index < -0.39 is 14.6 Å². The van der Waals surface area contributed by atoms with Crippen LogP contribution in [0.3, 0.4) is 0 Å². The van der Waals surface area contributed by atoms with Gasteiger partial charge in [-0.3, -0.25) is 4.90 Å². The minimum atomic E-state index is -2.94. The van der Waals surface area contributed by atoms with E-state index >= 15 is 0 Å². The first-order chi connectivity index (χ1) is 10.6. The van der Waals surface area contributed by atoms with Gasteiger partial charge >= 0.3 is 0 Å². The summed E-state index contributed by atoms with van der Waals surface area (Å²) in [6, 6.07) is 6.09. The molecule has 0 atom stereocenters. The molecule has 5 nitrogen and oxygen atoms in total. The Labute approximate surface area is 130 Å². The summed E-state index contributed by atoms with van der Waals surface area (Å²) < 4.78 is 26.7. The number of imidazole rings is 1. The monoisotopic (exact) mass is 319 g/mol. The lowest BCUT2D eigenvalue weighted by Gasteiger charge is -2.40. The number of fused-ring (bicyclic) bond motifs is 1. The summed E-state index contributed by atoms with van der Waals surface area (Å²) in [5.74, 6) is 0.299. The van der Waals surface area contributed by atoms with Crippen LogP contribution in [0.1, 0.15) is 31.4 Å². The van der Waals surface area contributed by atoms with E-state index in [0.717, 1.165) is 50.1 Å². The number of hydrogen-bond acceptors (Lipinski definition) is 4. The lowest BCUT2D eigenvalue weighted by atomic mass is 9.81. The first-order valence-corrected chi connectivity index (χ1v) is 9.61. The fourth-order valence-corrected chi connectivity index (χ4v) is 5.99. The highest BCUT2D eigenvalue weighted by atomic mass is 32.2. The largest absolute Gasteiger partial charge is 0.303 e. The molecule has 3 heterocycles. The third-order valence-corrected chi connectivity index (χ3v) is 8.03. The zero-order valence-corrected chi connectivity index (χ0v) is 13.4. The summed E-state index contributed by atoms with van der Waals surface area (Å²) >= 11 is 0. The molecule has 1 aliphatic heterocycles. The van der Waals surface area contributed by atoms with E-state index in [9.17, 15) is 8.42 Å². The fraction of sp³-hybridized carbons (Fsp3) is 0.562. The van der Waals surface area contributed by atoms with Gasteiger partial charge in [0.15, 0.2) is 9.84 Å². The molecule has 0 bridgehead atoms. The van der Waals surface area contributed by atoms with Gasteiger partial charge in [0.05, 0.1) is 10.5 Å². The highest BCUT2D eigenvalue weighted by molar-refractivity contribution is 7.92. The first kappa shape index (κ1) is 14.2. The van der Waals surface area contributed by atoms with Crippen molar-refractivity contribution in [3.8, 4) is 0 Å². The Bertz CT molecular complexity index is 793. The van der Waals surface area contributed by atoms with E-state index in [0.29, 0.717) is 12.3 Å². The molecule has 1 saturated heterocycles. The van der Waals surface area contributed by atoms with Crippen LogP contribution in [0, 0.1) is 0 Å². The van der Waals surface area contributed by atoms with E-state index in [4.69, 9.17) is 0 Å². The minimum Gasteiger partial charge on any atom is -0.303 e. The standard InChI is InChI=1S/C16H21N3O2S/c20-22(21)12-11-18(9-7-16(22)5-2-6-16)13-14-3-1-4-15-17-8-10-19(14)15/h1,3-4,8,10H,2,5-7,9,11-13H2. The van der Waals surface area contributed by atoms with E-state index in [1.54, 1.807) is 6.20 Å². The number of pyridine rings is 1. The third-order valence-electron chi connectivity index (χ3n) is 5.38. The lowest BCUT2D eigenvalue weighted by Crippen LogP contribution is -2.46. The molecule has 1 saturated carbocycles. The topological polar surface area (TPSA) is 54.7 Å². The van der Waals surface area contributed by atoms with Crippen LogP contribution >= 0.6 is 0 Å². The average molecular weight is 319 g/mol. The summed E-state index contributed by atoms with van der Waals surface area (Å²) in [4.78, 5) is 6.59. The molecule has 22 heavy (non-hydrogen) atoms. The van der Waals surface area contributed by atoms with Crippen LogP contribution in [-0.2, 0) is 16.4 Å². The zero-order valence-electron chi connectivity index (χ0n) is 12.6. The van der Waals surface area contributed by atoms with E-state index in [1.165, 1.54) is 0 Å². The molecule has 1 spiro atoms. The van der Waals surface area contributed by atoms with Gasteiger partial charge in [-0.1, -0.05) is 12.5 Å². The molecule has 6 heteroatoms. The number of nitrogens with zero attached hydrogens (tertiary/aromatic N) is 3. The van der Waals surface area contributed by atoms with Crippen molar-refractivity contribution in [2.24, 2.45) is 0 Å². The second-order valence-electron chi connectivity index (χ2n) is 6.55. The van der Waals surface area contributed by atoms with Crippen molar-refractivity contribution in [3.05, 3.63) is 36.3 Å². The summed E-state index contributed by atoms with van der Waals surface area (Å²) in [5, 5.41) is 0. The first-order valence-electron chi connectivity index (χ1n) is 7.95. The van der Waals surface area contributed by atoms with Gasteiger partial charge in [0.25, 0.3) is 0 Å². The molecule has 2 aromatic rings. The van der Waals surface area contributed by atoms with Gasteiger partial charge in [-0.15, -0.1) is 0 Å². The quantitative estimate of drug-likeness (QED) is 0.848. The van der Waals surface area contributed by atoms with Crippen LogP contribution in [0.5, 0.6) is 0 Å². The smallest absolute Gasteiger partial charge is 0.157 e. The summed E-state index contributed by atoms with van der Waals surface area (Å²) in [6.45, 7) is 2.28. The SMILES string of the molecule is O=S1(=O)CCN(Cc2cccc3nccn23)CCC12CCC2. The maximum absolute atomic E-state index is 12.5. The predicted molar refractivity (Wildman–Crippen MR) is 85.5 cm³/mol. The summed E-state index contributed by atoms with van der Waals surface area (Å²) in [7, 11) is -2.94. The Morgan fingerprint density at radius 3 is 2.82 bits per heavy atom. The van der Waals surface area contributed by atoms with E-state index in [-0.39, 0.29) is 0 Å². The molecule has 4 rings (SSSR count). The highest BCUT2D eigenvalue weighted by Gasteiger charge is 2.49. The molecule has 2 aromatic heterocycles. The van der Waals surface area contributed by atoms with Crippen LogP contribution in [0.25, 0.3) is 5.65 Å². The van der Waals surface area contributed by atoms with Gasteiger partial charge < -0.3 is 4.40 Å². The van der Waals surface area contributed by atoms with Crippen molar-refractivity contribution in [1.82, 2.24) is 14.3 Å². The molecule has 2 fully saturated rings. The van der Waals surface area contributed by atoms with Gasteiger partial charge in [-0.25, -0.2) is 13.4 Å².